The third-order valence-corrected chi connectivity index (χ3v) is 5.70. The molecule has 4 nitrogen and oxygen atoms in total. The van der Waals surface area contributed by atoms with Crippen molar-refractivity contribution in [3.8, 4) is 11.3 Å². The summed E-state index contributed by atoms with van der Waals surface area (Å²) in [6, 6.07) is 25.9. The van der Waals surface area contributed by atoms with E-state index in [1.807, 2.05) is 85.8 Å². The van der Waals surface area contributed by atoms with Crippen molar-refractivity contribution >= 4 is 22.5 Å². The van der Waals surface area contributed by atoms with Gasteiger partial charge in [-0.1, -0.05) is 79.7 Å². The number of fused-ring (bicyclic) bond motifs is 1. The van der Waals surface area contributed by atoms with Crippen LogP contribution in [0.15, 0.2) is 78.9 Å². The Morgan fingerprint density at radius 2 is 1.65 bits per heavy atom. The summed E-state index contributed by atoms with van der Waals surface area (Å²) >= 11 is 0. The van der Waals surface area contributed by atoms with Gasteiger partial charge in [-0.3, -0.25) is 4.79 Å². The van der Waals surface area contributed by atoms with Gasteiger partial charge < -0.3 is 11.1 Å². The van der Waals surface area contributed by atoms with Gasteiger partial charge in [-0.2, -0.15) is 0 Å². The lowest BCUT2D eigenvalue weighted by atomic mass is 9.96. The van der Waals surface area contributed by atoms with Crippen LogP contribution in [-0.4, -0.2) is 10.9 Å². The molecular formula is C27H27N3O. The number of benzene rings is 3. The summed E-state index contributed by atoms with van der Waals surface area (Å²) in [7, 11) is 0. The van der Waals surface area contributed by atoms with Crippen LogP contribution in [0.1, 0.15) is 36.1 Å². The van der Waals surface area contributed by atoms with Gasteiger partial charge in [0.05, 0.1) is 29.4 Å². The molecule has 4 rings (SSSR count). The number of rotatable bonds is 6. The van der Waals surface area contributed by atoms with E-state index in [2.05, 4.69) is 12.2 Å². The first kappa shape index (κ1) is 20.6. The second-order valence-corrected chi connectivity index (χ2v) is 7.80. The minimum atomic E-state index is -0.0443. The van der Waals surface area contributed by atoms with Gasteiger partial charge in [0.15, 0.2) is 0 Å². The Morgan fingerprint density at radius 3 is 2.32 bits per heavy atom. The van der Waals surface area contributed by atoms with Gasteiger partial charge >= 0.3 is 0 Å². The second-order valence-electron chi connectivity index (χ2n) is 7.80. The molecule has 1 aromatic heterocycles. The van der Waals surface area contributed by atoms with Crippen LogP contribution in [0.3, 0.4) is 0 Å². The van der Waals surface area contributed by atoms with E-state index in [1.54, 1.807) is 0 Å². The maximum Gasteiger partial charge on any atom is 0.225 e. The molecule has 1 amide bonds. The van der Waals surface area contributed by atoms with Crippen molar-refractivity contribution < 1.29 is 4.79 Å². The lowest BCUT2D eigenvalue weighted by Crippen LogP contribution is -2.30. The molecule has 0 bridgehead atoms. The minimum absolute atomic E-state index is 0.0299. The Labute approximate surface area is 183 Å². The number of aromatic nitrogens is 1. The number of carbonyl (C=O) groups is 1. The molecule has 31 heavy (non-hydrogen) atoms. The van der Waals surface area contributed by atoms with Crippen LogP contribution < -0.4 is 11.1 Å². The predicted molar refractivity (Wildman–Crippen MR) is 128 cm³/mol. The Morgan fingerprint density at radius 1 is 0.968 bits per heavy atom. The average molecular weight is 410 g/mol. The molecule has 4 aromatic rings. The van der Waals surface area contributed by atoms with Crippen molar-refractivity contribution in [3.05, 3.63) is 95.6 Å². The van der Waals surface area contributed by atoms with E-state index in [9.17, 15) is 4.79 Å². The van der Waals surface area contributed by atoms with E-state index in [0.717, 1.165) is 45.3 Å². The monoisotopic (exact) mass is 409 g/mol. The maximum absolute atomic E-state index is 13.1. The standard InChI is InChI=1S/C27H27N3O/c1-3-22(19-12-6-4-7-13-19)29-24(31)17-21-25-18(2)11-10-16-23(25)30-27(26(21)28)20-14-8-5-9-15-20/h4-16,22H,3,17,28H2,1-2H3,(H,29,31)/t22-/m0/s1. The minimum Gasteiger partial charge on any atom is -0.397 e. The van der Waals surface area contributed by atoms with E-state index < -0.39 is 0 Å². The fraction of sp³-hybridized carbons (Fsp3) is 0.185. The highest BCUT2D eigenvalue weighted by atomic mass is 16.1. The topological polar surface area (TPSA) is 68.0 Å². The number of nitrogen functional groups attached to an aromatic ring is 1. The lowest BCUT2D eigenvalue weighted by Gasteiger charge is -2.19. The molecule has 0 saturated heterocycles. The maximum atomic E-state index is 13.1. The summed E-state index contributed by atoms with van der Waals surface area (Å²) < 4.78 is 0. The Hall–Kier alpha value is -3.66. The lowest BCUT2D eigenvalue weighted by molar-refractivity contribution is -0.121. The van der Waals surface area contributed by atoms with Crippen LogP contribution in [-0.2, 0) is 11.2 Å². The molecule has 0 radical (unpaired) electrons. The molecule has 0 unspecified atom stereocenters. The number of anilines is 1. The molecule has 0 aliphatic heterocycles. The Balaban J connectivity index is 1.74. The largest absolute Gasteiger partial charge is 0.397 e. The number of amides is 1. The van der Waals surface area contributed by atoms with Crippen LogP contribution in [0.2, 0.25) is 0 Å². The molecule has 0 saturated carbocycles. The fourth-order valence-electron chi connectivity index (χ4n) is 4.11. The van der Waals surface area contributed by atoms with Crippen LogP contribution in [0.25, 0.3) is 22.2 Å². The zero-order valence-electron chi connectivity index (χ0n) is 17.9. The van der Waals surface area contributed by atoms with Gasteiger partial charge in [0.2, 0.25) is 5.91 Å². The van der Waals surface area contributed by atoms with Crippen LogP contribution >= 0.6 is 0 Å². The normalized spacial score (nSPS) is 11.9. The van der Waals surface area contributed by atoms with E-state index >= 15 is 0 Å². The average Bonchev–Trinajstić information content (AvgIpc) is 2.80. The zero-order chi connectivity index (χ0) is 21.8. The molecule has 156 valence electrons. The van der Waals surface area contributed by atoms with Crippen LogP contribution in [0, 0.1) is 6.92 Å². The molecule has 1 heterocycles. The van der Waals surface area contributed by atoms with Crippen molar-refractivity contribution in [1.29, 1.82) is 0 Å². The molecule has 0 spiro atoms. The number of aryl methyl sites for hydroxylation is 1. The highest BCUT2D eigenvalue weighted by molar-refractivity contribution is 5.97. The highest BCUT2D eigenvalue weighted by Crippen LogP contribution is 2.34. The Bertz CT molecular complexity index is 1200. The van der Waals surface area contributed by atoms with Gasteiger partial charge in [-0.05, 0) is 36.1 Å². The SMILES string of the molecule is CC[C@H](NC(=O)Cc1c(N)c(-c2ccccc2)nc2cccc(C)c12)c1ccccc1. The molecule has 0 aliphatic carbocycles. The van der Waals surface area contributed by atoms with Crippen LogP contribution in [0.5, 0.6) is 0 Å². The first-order valence-electron chi connectivity index (χ1n) is 10.7. The summed E-state index contributed by atoms with van der Waals surface area (Å²) in [4.78, 5) is 18.0. The number of hydrogen-bond acceptors (Lipinski definition) is 3. The molecule has 4 heteroatoms. The number of nitrogens with zero attached hydrogens (tertiary/aromatic N) is 1. The number of pyridine rings is 1. The van der Waals surface area contributed by atoms with Crippen molar-refractivity contribution in [2.75, 3.05) is 5.73 Å². The molecule has 0 fully saturated rings. The molecule has 0 aliphatic rings. The van der Waals surface area contributed by atoms with E-state index in [4.69, 9.17) is 10.7 Å². The van der Waals surface area contributed by atoms with E-state index in [-0.39, 0.29) is 18.4 Å². The fourth-order valence-corrected chi connectivity index (χ4v) is 4.11. The number of hydrogen-bond donors (Lipinski definition) is 2. The Kier molecular flexibility index (Phi) is 5.99. The number of carbonyl (C=O) groups excluding carboxylic acids is 1. The summed E-state index contributed by atoms with van der Waals surface area (Å²) in [6.07, 6.45) is 1.02. The molecule has 3 N–H and O–H groups in total. The molecule has 3 aromatic carbocycles. The third-order valence-electron chi connectivity index (χ3n) is 5.70. The predicted octanol–water partition coefficient (Wildman–Crippen LogP) is 5.60. The van der Waals surface area contributed by atoms with E-state index in [0.29, 0.717) is 5.69 Å². The van der Waals surface area contributed by atoms with Gasteiger partial charge in [0.1, 0.15) is 0 Å². The first-order chi connectivity index (χ1) is 15.1. The smallest absolute Gasteiger partial charge is 0.225 e. The summed E-state index contributed by atoms with van der Waals surface area (Å²) in [5, 5.41) is 4.15. The van der Waals surface area contributed by atoms with Crippen molar-refractivity contribution in [2.24, 2.45) is 0 Å². The van der Waals surface area contributed by atoms with Gasteiger partial charge in [-0.25, -0.2) is 4.98 Å². The molecule has 1 atom stereocenters. The summed E-state index contributed by atoms with van der Waals surface area (Å²) in [5.41, 5.74) is 12.7. The third kappa shape index (κ3) is 4.29. The highest BCUT2D eigenvalue weighted by Gasteiger charge is 2.20. The van der Waals surface area contributed by atoms with Gasteiger partial charge in [0, 0.05) is 10.9 Å². The second kappa shape index (κ2) is 9.00. The van der Waals surface area contributed by atoms with Crippen molar-refractivity contribution in [1.82, 2.24) is 10.3 Å². The zero-order valence-corrected chi connectivity index (χ0v) is 17.9. The number of nitrogens with one attached hydrogen (secondary N) is 1. The summed E-state index contributed by atoms with van der Waals surface area (Å²) in [6.45, 7) is 4.11. The van der Waals surface area contributed by atoms with Gasteiger partial charge in [0.25, 0.3) is 0 Å². The van der Waals surface area contributed by atoms with Crippen LogP contribution in [0.4, 0.5) is 5.69 Å². The summed E-state index contributed by atoms with van der Waals surface area (Å²) in [5.74, 6) is -0.0443. The van der Waals surface area contributed by atoms with Gasteiger partial charge in [-0.15, -0.1) is 0 Å². The quantitative estimate of drug-likeness (QED) is 0.435. The van der Waals surface area contributed by atoms with E-state index in [1.165, 1.54) is 0 Å². The number of nitrogens with two attached hydrogens (primary N) is 1. The van der Waals surface area contributed by atoms with Crippen molar-refractivity contribution in [2.45, 2.75) is 32.7 Å². The van der Waals surface area contributed by atoms with Crippen molar-refractivity contribution in [3.63, 3.8) is 0 Å². The molecular weight excluding hydrogens is 382 g/mol. The first-order valence-corrected chi connectivity index (χ1v) is 10.7.